The van der Waals surface area contributed by atoms with E-state index in [0.717, 1.165) is 0 Å². The Balaban J connectivity index is 2.66. The molecule has 0 spiro atoms. The number of hydrogen-bond acceptors (Lipinski definition) is 4. The highest BCUT2D eigenvalue weighted by Gasteiger charge is 2.20. The highest BCUT2D eigenvalue weighted by molar-refractivity contribution is 7.16. The normalized spacial score (nSPS) is 10.5. The zero-order valence-electron chi connectivity index (χ0n) is 9.23. The number of aryl methyl sites for hydroxylation is 1. The van der Waals surface area contributed by atoms with Crippen molar-refractivity contribution in [1.29, 1.82) is 0 Å². The van der Waals surface area contributed by atoms with Crippen molar-refractivity contribution in [3.05, 3.63) is 22.2 Å². The number of amides is 1. The molecule has 0 unspecified atom stereocenters. The summed E-state index contributed by atoms with van der Waals surface area (Å²) in [6.45, 7) is 0. The lowest BCUT2D eigenvalue weighted by Crippen LogP contribution is -2.10. The molecule has 1 amide bonds. The van der Waals surface area contributed by atoms with Crippen LogP contribution in [0.25, 0.3) is 11.3 Å². The third kappa shape index (κ3) is 2.01. The van der Waals surface area contributed by atoms with Crippen molar-refractivity contribution >= 4 is 28.8 Å². The van der Waals surface area contributed by atoms with Gasteiger partial charge in [-0.15, -0.1) is 0 Å². The van der Waals surface area contributed by atoms with Crippen LogP contribution in [0.2, 0.25) is 5.02 Å². The first-order valence-electron chi connectivity index (χ1n) is 4.70. The molecular formula is C10H10ClN3O2S. The number of ether oxygens (including phenoxy) is 1. The SMILES string of the molecule is COc1cc(-c2c(Cl)cnn2C)c(C(N)=O)s1. The molecule has 2 aromatic heterocycles. The van der Waals surface area contributed by atoms with Crippen LogP contribution >= 0.6 is 22.9 Å². The van der Waals surface area contributed by atoms with Gasteiger partial charge in [-0.2, -0.15) is 5.10 Å². The second kappa shape index (κ2) is 4.38. The summed E-state index contributed by atoms with van der Waals surface area (Å²) in [5, 5.41) is 5.10. The molecule has 0 fully saturated rings. The molecule has 0 aliphatic carbocycles. The molecule has 17 heavy (non-hydrogen) atoms. The van der Waals surface area contributed by atoms with Crippen LogP contribution in [0.3, 0.4) is 0 Å². The average Bonchev–Trinajstić information content (AvgIpc) is 2.82. The zero-order chi connectivity index (χ0) is 12.6. The lowest BCUT2D eigenvalue weighted by Gasteiger charge is -2.01. The van der Waals surface area contributed by atoms with Gasteiger partial charge in [0, 0.05) is 18.7 Å². The molecule has 5 nitrogen and oxygen atoms in total. The lowest BCUT2D eigenvalue weighted by molar-refractivity contribution is 0.100. The topological polar surface area (TPSA) is 70.1 Å². The van der Waals surface area contributed by atoms with Crippen LogP contribution in [-0.4, -0.2) is 22.8 Å². The summed E-state index contributed by atoms with van der Waals surface area (Å²) in [7, 11) is 3.28. The predicted octanol–water partition coefficient (Wildman–Crippen LogP) is 1.91. The number of carbonyl (C=O) groups is 1. The average molecular weight is 272 g/mol. The first-order chi connectivity index (χ1) is 8.04. The van der Waals surface area contributed by atoms with Crippen LogP contribution in [0.4, 0.5) is 0 Å². The second-order valence-electron chi connectivity index (χ2n) is 3.34. The highest BCUT2D eigenvalue weighted by Crippen LogP contribution is 2.38. The van der Waals surface area contributed by atoms with E-state index >= 15 is 0 Å². The highest BCUT2D eigenvalue weighted by atomic mass is 35.5. The molecule has 90 valence electrons. The minimum absolute atomic E-state index is 0.410. The Hall–Kier alpha value is -1.53. The lowest BCUT2D eigenvalue weighted by atomic mass is 10.2. The van der Waals surface area contributed by atoms with Crippen LogP contribution in [0.5, 0.6) is 5.06 Å². The van der Waals surface area contributed by atoms with Crippen LogP contribution in [0.1, 0.15) is 9.67 Å². The molecule has 0 atom stereocenters. The standard InChI is InChI=1S/C10H10ClN3O2S/c1-14-8(6(11)4-13-14)5-3-7(16-2)17-9(5)10(12)15/h3-4H,1-2H3,(H2,12,15). The minimum Gasteiger partial charge on any atom is -0.487 e. The van der Waals surface area contributed by atoms with Gasteiger partial charge in [0.1, 0.15) is 4.88 Å². The van der Waals surface area contributed by atoms with E-state index in [-0.39, 0.29) is 0 Å². The second-order valence-corrected chi connectivity index (χ2v) is 4.76. The van der Waals surface area contributed by atoms with Gasteiger partial charge < -0.3 is 10.5 Å². The van der Waals surface area contributed by atoms with Gasteiger partial charge in [0.05, 0.1) is 24.0 Å². The fraction of sp³-hybridized carbons (Fsp3) is 0.200. The van der Waals surface area contributed by atoms with Gasteiger partial charge >= 0.3 is 0 Å². The van der Waals surface area contributed by atoms with Gasteiger partial charge in [-0.05, 0) is 0 Å². The number of methoxy groups -OCH3 is 1. The summed E-state index contributed by atoms with van der Waals surface area (Å²) in [5.74, 6) is -0.509. The Labute approximate surface area is 107 Å². The Morgan fingerprint density at radius 1 is 1.65 bits per heavy atom. The van der Waals surface area contributed by atoms with Crippen LogP contribution in [0, 0.1) is 0 Å². The van der Waals surface area contributed by atoms with E-state index in [1.807, 2.05) is 0 Å². The van der Waals surface area contributed by atoms with Crippen molar-refractivity contribution < 1.29 is 9.53 Å². The Morgan fingerprint density at radius 3 is 2.82 bits per heavy atom. The summed E-state index contributed by atoms with van der Waals surface area (Å²) < 4.78 is 6.69. The number of carbonyl (C=O) groups excluding carboxylic acids is 1. The van der Waals surface area contributed by atoms with E-state index in [9.17, 15) is 4.79 Å². The maximum Gasteiger partial charge on any atom is 0.259 e. The van der Waals surface area contributed by atoms with Crippen LogP contribution < -0.4 is 10.5 Å². The van der Waals surface area contributed by atoms with Crippen molar-refractivity contribution in [3.63, 3.8) is 0 Å². The molecule has 0 bridgehead atoms. The van der Waals surface area contributed by atoms with Gasteiger partial charge in [0.15, 0.2) is 5.06 Å². The summed E-state index contributed by atoms with van der Waals surface area (Å²) in [5.41, 5.74) is 6.63. The molecule has 2 heterocycles. The number of primary amides is 1. The van der Waals surface area contributed by atoms with Gasteiger partial charge in [-0.25, -0.2) is 0 Å². The smallest absolute Gasteiger partial charge is 0.259 e. The Morgan fingerprint density at radius 2 is 2.35 bits per heavy atom. The van der Waals surface area contributed by atoms with Crippen LogP contribution in [-0.2, 0) is 7.05 Å². The third-order valence-electron chi connectivity index (χ3n) is 2.28. The minimum atomic E-state index is -0.509. The van der Waals surface area contributed by atoms with Crippen molar-refractivity contribution in [2.45, 2.75) is 0 Å². The van der Waals surface area contributed by atoms with Gasteiger partial charge in [-0.1, -0.05) is 22.9 Å². The van der Waals surface area contributed by atoms with Crippen molar-refractivity contribution in [2.24, 2.45) is 12.8 Å². The van der Waals surface area contributed by atoms with Crippen molar-refractivity contribution in [2.75, 3.05) is 7.11 Å². The Bertz CT molecular complexity index is 557. The molecule has 2 rings (SSSR count). The van der Waals surface area contributed by atoms with E-state index < -0.39 is 5.91 Å². The summed E-state index contributed by atoms with van der Waals surface area (Å²) >= 11 is 7.22. The van der Waals surface area contributed by atoms with Crippen molar-refractivity contribution in [3.8, 4) is 16.3 Å². The first kappa shape index (κ1) is 11.9. The number of nitrogens with two attached hydrogens (primary N) is 1. The van der Waals surface area contributed by atoms with Gasteiger partial charge in [0.25, 0.3) is 5.91 Å². The van der Waals surface area contributed by atoms with E-state index in [1.54, 1.807) is 17.8 Å². The number of halogens is 1. The number of nitrogens with zero attached hydrogens (tertiary/aromatic N) is 2. The monoisotopic (exact) mass is 271 g/mol. The molecule has 2 N–H and O–H groups in total. The zero-order valence-corrected chi connectivity index (χ0v) is 10.8. The summed E-state index contributed by atoms with van der Waals surface area (Å²) in [6, 6.07) is 1.73. The maximum absolute atomic E-state index is 11.4. The number of hydrogen-bond donors (Lipinski definition) is 1. The Kier molecular flexibility index (Phi) is 3.08. The summed E-state index contributed by atoms with van der Waals surface area (Å²) in [6.07, 6.45) is 1.52. The van der Waals surface area contributed by atoms with E-state index in [4.69, 9.17) is 22.1 Å². The van der Waals surface area contributed by atoms with Crippen LogP contribution in [0.15, 0.2) is 12.3 Å². The molecule has 2 aromatic rings. The number of rotatable bonds is 3. The fourth-order valence-electron chi connectivity index (χ4n) is 1.54. The molecule has 0 radical (unpaired) electrons. The first-order valence-corrected chi connectivity index (χ1v) is 5.89. The van der Waals surface area contributed by atoms with E-state index in [1.165, 1.54) is 24.6 Å². The number of aromatic nitrogens is 2. The largest absolute Gasteiger partial charge is 0.487 e. The molecule has 0 aliphatic heterocycles. The molecular weight excluding hydrogens is 262 g/mol. The number of thiophene rings is 1. The van der Waals surface area contributed by atoms with Gasteiger partial charge in [-0.3, -0.25) is 9.48 Å². The third-order valence-corrected chi connectivity index (χ3v) is 3.67. The quantitative estimate of drug-likeness (QED) is 0.927. The fourth-order valence-corrected chi connectivity index (χ4v) is 2.64. The van der Waals surface area contributed by atoms with Crippen molar-refractivity contribution in [1.82, 2.24) is 9.78 Å². The summed E-state index contributed by atoms with van der Waals surface area (Å²) in [4.78, 5) is 11.8. The molecule has 0 saturated heterocycles. The molecule has 0 aromatic carbocycles. The van der Waals surface area contributed by atoms with Gasteiger partial charge in [0.2, 0.25) is 0 Å². The molecule has 7 heteroatoms. The van der Waals surface area contributed by atoms with E-state index in [2.05, 4.69) is 5.10 Å². The molecule has 0 saturated carbocycles. The van der Waals surface area contributed by atoms with E-state index in [0.29, 0.717) is 26.2 Å². The maximum atomic E-state index is 11.4. The molecule has 0 aliphatic rings. The predicted molar refractivity (Wildman–Crippen MR) is 66.6 cm³/mol.